The van der Waals surface area contributed by atoms with Crippen LogP contribution in [0.1, 0.15) is 6.92 Å². The van der Waals surface area contributed by atoms with E-state index in [0.29, 0.717) is 0 Å². The molecule has 2 N–H and O–H groups in total. The van der Waals surface area contributed by atoms with Crippen molar-refractivity contribution in [3.63, 3.8) is 0 Å². The van der Waals surface area contributed by atoms with Crippen molar-refractivity contribution >= 4 is 5.69 Å². The zero-order valence-electron chi connectivity index (χ0n) is 9.07. The second kappa shape index (κ2) is 4.56. The smallest absolute Gasteiger partial charge is 0.117 e. The van der Waals surface area contributed by atoms with Gasteiger partial charge in [-0.3, -0.25) is 0 Å². The number of phenolic OH excluding ortho intramolecular Hbond substituents is 1. The Bertz CT molecular complexity index is 517. The van der Waals surface area contributed by atoms with Crippen molar-refractivity contribution in [2.45, 2.75) is 6.92 Å². The molecule has 0 heterocycles. The number of hydrogen-bond acceptors (Lipinski definition) is 2. The fraction of sp³-hybridized carbons (Fsp3) is 0.0714. The minimum atomic E-state index is 0.257. The van der Waals surface area contributed by atoms with E-state index in [4.69, 9.17) is 0 Å². The maximum atomic E-state index is 9.34. The number of hydrogen-bond donors (Lipinski definition) is 2. The second-order valence-corrected chi connectivity index (χ2v) is 3.62. The highest BCUT2D eigenvalue weighted by atomic mass is 16.3. The van der Waals surface area contributed by atoms with Crippen molar-refractivity contribution < 1.29 is 5.11 Å². The molecule has 0 fully saturated rings. The molecule has 2 rings (SSSR count). The van der Waals surface area contributed by atoms with Gasteiger partial charge in [-0.15, -0.1) is 5.73 Å². The van der Waals surface area contributed by atoms with Crippen LogP contribution in [0.3, 0.4) is 0 Å². The minimum Gasteiger partial charge on any atom is -0.508 e. The van der Waals surface area contributed by atoms with Gasteiger partial charge in [-0.1, -0.05) is 6.07 Å². The molecule has 0 saturated carbocycles. The number of allylic oxidation sites excluding steroid dienone is 4. The summed E-state index contributed by atoms with van der Waals surface area (Å²) in [5, 5.41) is 12.6. The summed E-state index contributed by atoms with van der Waals surface area (Å²) >= 11 is 0. The predicted octanol–water partition coefficient (Wildman–Crippen LogP) is 3.36. The normalized spacial score (nSPS) is 14.1. The number of phenols is 1. The first-order valence-electron chi connectivity index (χ1n) is 5.12. The van der Waals surface area contributed by atoms with Gasteiger partial charge < -0.3 is 10.4 Å². The highest BCUT2D eigenvalue weighted by Gasteiger charge is 1.96. The summed E-state index contributed by atoms with van der Waals surface area (Å²) in [5.41, 5.74) is 6.03. The van der Waals surface area contributed by atoms with Crippen molar-refractivity contribution in [1.29, 1.82) is 0 Å². The van der Waals surface area contributed by atoms with Crippen LogP contribution < -0.4 is 5.32 Å². The van der Waals surface area contributed by atoms with Crippen LogP contribution in [-0.2, 0) is 0 Å². The summed E-state index contributed by atoms with van der Waals surface area (Å²) in [6.07, 6.45) is 7.79. The molecular weight excluding hydrogens is 198 g/mol. The first-order chi connectivity index (χ1) is 7.74. The van der Waals surface area contributed by atoms with Gasteiger partial charge in [-0.05, 0) is 48.9 Å². The van der Waals surface area contributed by atoms with Gasteiger partial charge in [-0.2, -0.15) is 0 Å². The van der Waals surface area contributed by atoms with Crippen LogP contribution in [0.2, 0.25) is 0 Å². The van der Waals surface area contributed by atoms with E-state index < -0.39 is 0 Å². The second-order valence-electron chi connectivity index (χ2n) is 3.62. The summed E-state index contributed by atoms with van der Waals surface area (Å²) in [4.78, 5) is 0. The van der Waals surface area contributed by atoms with E-state index in [1.54, 1.807) is 18.2 Å². The van der Waals surface area contributed by atoms with Gasteiger partial charge in [0.25, 0.3) is 0 Å². The minimum absolute atomic E-state index is 0.257. The molecule has 0 bridgehead atoms. The Labute approximate surface area is 94.9 Å². The molecule has 1 aliphatic carbocycles. The number of aromatic hydroxyl groups is 1. The molecule has 0 aliphatic heterocycles. The van der Waals surface area contributed by atoms with Crippen LogP contribution in [0, 0.1) is 0 Å². The molecule has 0 amide bonds. The maximum absolute atomic E-state index is 9.34. The van der Waals surface area contributed by atoms with Gasteiger partial charge in [0.05, 0.1) is 0 Å². The Morgan fingerprint density at radius 3 is 2.94 bits per heavy atom. The van der Waals surface area contributed by atoms with Crippen molar-refractivity contribution in [1.82, 2.24) is 0 Å². The van der Waals surface area contributed by atoms with E-state index >= 15 is 0 Å². The monoisotopic (exact) mass is 211 g/mol. The number of rotatable bonds is 2. The largest absolute Gasteiger partial charge is 0.508 e. The van der Waals surface area contributed by atoms with Gasteiger partial charge in [-0.25, -0.2) is 0 Å². The van der Waals surface area contributed by atoms with Crippen molar-refractivity contribution in [3.05, 3.63) is 65.6 Å². The van der Waals surface area contributed by atoms with Crippen LogP contribution >= 0.6 is 0 Å². The van der Waals surface area contributed by atoms with E-state index in [0.717, 1.165) is 17.0 Å². The molecule has 0 spiro atoms. The zero-order chi connectivity index (χ0) is 11.4. The van der Waals surface area contributed by atoms with Crippen molar-refractivity contribution in [2.75, 3.05) is 5.32 Å². The van der Waals surface area contributed by atoms with Crippen molar-refractivity contribution in [2.24, 2.45) is 0 Å². The molecule has 2 heteroatoms. The topological polar surface area (TPSA) is 32.3 Å². The summed E-state index contributed by atoms with van der Waals surface area (Å²) in [7, 11) is 0. The maximum Gasteiger partial charge on any atom is 0.117 e. The SMILES string of the molecule is CC1=C=CC=C(Nc2cccc(O)c2)C=C1. The summed E-state index contributed by atoms with van der Waals surface area (Å²) < 4.78 is 0. The fourth-order valence-electron chi connectivity index (χ4n) is 1.42. The molecule has 1 aromatic rings. The molecule has 0 unspecified atom stereocenters. The molecule has 0 radical (unpaired) electrons. The molecule has 2 nitrogen and oxygen atoms in total. The number of nitrogens with one attached hydrogen (secondary N) is 1. The predicted molar refractivity (Wildman–Crippen MR) is 66.2 cm³/mol. The number of anilines is 1. The summed E-state index contributed by atoms with van der Waals surface area (Å²) in [5.74, 6) is 0.257. The van der Waals surface area contributed by atoms with E-state index in [2.05, 4.69) is 11.0 Å². The molecule has 1 aromatic carbocycles. The standard InChI is InChI=1S/C14H13NO/c1-11-4-2-5-12(9-8-11)15-13-6-3-7-14(16)10-13/h2-3,5-10,15-16H,1H3. The quantitative estimate of drug-likeness (QED) is 0.735. The third-order valence-corrected chi connectivity index (χ3v) is 2.22. The van der Waals surface area contributed by atoms with Gasteiger partial charge in [0.15, 0.2) is 0 Å². The number of benzene rings is 1. The van der Waals surface area contributed by atoms with Gasteiger partial charge in [0.2, 0.25) is 0 Å². The molecule has 80 valence electrons. The van der Waals surface area contributed by atoms with Crippen LogP contribution in [0.5, 0.6) is 5.75 Å². The lowest BCUT2D eigenvalue weighted by Gasteiger charge is -2.06. The van der Waals surface area contributed by atoms with Gasteiger partial charge in [0, 0.05) is 17.5 Å². The Balaban J connectivity index is 2.16. The molecule has 0 aromatic heterocycles. The Kier molecular flexibility index (Phi) is 2.95. The Hall–Kier alpha value is -2.18. The fourth-order valence-corrected chi connectivity index (χ4v) is 1.42. The van der Waals surface area contributed by atoms with Gasteiger partial charge >= 0.3 is 0 Å². The lowest BCUT2D eigenvalue weighted by molar-refractivity contribution is 0.475. The Morgan fingerprint density at radius 2 is 2.12 bits per heavy atom. The highest BCUT2D eigenvalue weighted by Crippen LogP contribution is 2.18. The molecular formula is C14H13NO. The average Bonchev–Trinajstić information content (AvgIpc) is 2.44. The average molecular weight is 211 g/mol. The Morgan fingerprint density at radius 1 is 1.25 bits per heavy atom. The molecule has 0 atom stereocenters. The van der Waals surface area contributed by atoms with Crippen LogP contribution in [0.4, 0.5) is 5.69 Å². The third kappa shape index (κ3) is 2.66. The van der Waals surface area contributed by atoms with E-state index in [9.17, 15) is 5.11 Å². The first kappa shape index (κ1) is 10.3. The van der Waals surface area contributed by atoms with Crippen LogP contribution in [0.15, 0.2) is 65.6 Å². The molecule has 1 aliphatic rings. The molecule has 16 heavy (non-hydrogen) atoms. The lowest BCUT2D eigenvalue weighted by Crippen LogP contribution is -1.95. The van der Waals surface area contributed by atoms with E-state index in [1.165, 1.54) is 0 Å². The summed E-state index contributed by atoms with van der Waals surface area (Å²) in [6, 6.07) is 7.04. The van der Waals surface area contributed by atoms with Crippen LogP contribution in [-0.4, -0.2) is 5.11 Å². The van der Waals surface area contributed by atoms with E-state index in [1.807, 2.05) is 37.3 Å². The highest BCUT2D eigenvalue weighted by molar-refractivity contribution is 5.55. The third-order valence-electron chi connectivity index (χ3n) is 2.22. The molecule has 0 saturated heterocycles. The lowest BCUT2D eigenvalue weighted by atomic mass is 10.2. The van der Waals surface area contributed by atoms with Crippen LogP contribution in [0.25, 0.3) is 0 Å². The zero-order valence-corrected chi connectivity index (χ0v) is 9.07. The summed E-state index contributed by atoms with van der Waals surface area (Å²) in [6.45, 7) is 2.00. The first-order valence-corrected chi connectivity index (χ1v) is 5.12. The van der Waals surface area contributed by atoms with Crippen molar-refractivity contribution in [3.8, 4) is 5.75 Å². The van der Waals surface area contributed by atoms with Gasteiger partial charge in [0.1, 0.15) is 5.75 Å². The van der Waals surface area contributed by atoms with E-state index in [-0.39, 0.29) is 5.75 Å².